The first kappa shape index (κ1) is 16.3. The molecule has 1 aromatic carbocycles. The van der Waals surface area contributed by atoms with E-state index in [0.717, 1.165) is 13.0 Å². The van der Waals surface area contributed by atoms with Gasteiger partial charge in [-0.05, 0) is 64.0 Å². The van der Waals surface area contributed by atoms with Gasteiger partial charge in [-0.2, -0.15) is 4.31 Å². The van der Waals surface area contributed by atoms with Crippen LogP contribution in [-0.4, -0.2) is 45.5 Å². The Labute approximate surface area is 127 Å². The third kappa shape index (κ3) is 3.96. The van der Waals surface area contributed by atoms with Crippen molar-refractivity contribution in [2.24, 2.45) is 5.92 Å². The summed E-state index contributed by atoms with van der Waals surface area (Å²) in [6.07, 6.45) is 0.988. The van der Waals surface area contributed by atoms with Gasteiger partial charge in [-0.3, -0.25) is 0 Å². The molecule has 2 rings (SSSR count). The van der Waals surface area contributed by atoms with Crippen LogP contribution >= 0.6 is 0 Å². The Morgan fingerprint density at radius 2 is 2.00 bits per heavy atom. The van der Waals surface area contributed by atoms with Crippen molar-refractivity contribution in [1.29, 1.82) is 0 Å². The van der Waals surface area contributed by atoms with E-state index < -0.39 is 10.0 Å². The molecular weight excluding hydrogens is 288 g/mol. The fourth-order valence-electron chi connectivity index (χ4n) is 2.58. The molecule has 6 heteroatoms. The molecule has 0 aromatic heterocycles. The van der Waals surface area contributed by atoms with Crippen molar-refractivity contribution in [3.05, 3.63) is 24.3 Å². The van der Waals surface area contributed by atoms with Crippen molar-refractivity contribution in [2.45, 2.75) is 31.3 Å². The van der Waals surface area contributed by atoms with Gasteiger partial charge in [0.25, 0.3) is 0 Å². The highest BCUT2D eigenvalue weighted by atomic mass is 32.2. The van der Waals surface area contributed by atoms with E-state index in [9.17, 15) is 8.42 Å². The Morgan fingerprint density at radius 1 is 1.33 bits per heavy atom. The maximum absolute atomic E-state index is 12.6. The van der Waals surface area contributed by atoms with Gasteiger partial charge in [0, 0.05) is 13.1 Å². The number of hydrogen-bond donors (Lipinski definition) is 1. The average Bonchev–Trinajstić information content (AvgIpc) is 2.88. The molecule has 0 aliphatic carbocycles. The van der Waals surface area contributed by atoms with E-state index >= 15 is 0 Å². The molecule has 0 radical (unpaired) electrons. The summed E-state index contributed by atoms with van der Waals surface area (Å²) in [4.78, 5) is 0.337. The number of hydrogen-bond acceptors (Lipinski definition) is 4. The summed E-state index contributed by atoms with van der Waals surface area (Å²) in [5.41, 5.74) is 0. The van der Waals surface area contributed by atoms with E-state index in [2.05, 4.69) is 5.32 Å². The van der Waals surface area contributed by atoms with E-state index in [4.69, 9.17) is 4.74 Å². The van der Waals surface area contributed by atoms with Crippen LogP contribution in [0.1, 0.15) is 20.3 Å². The zero-order chi connectivity index (χ0) is 15.5. The summed E-state index contributed by atoms with van der Waals surface area (Å²) in [6, 6.07) is 6.68. The monoisotopic (exact) mass is 312 g/mol. The predicted octanol–water partition coefficient (Wildman–Crippen LogP) is 1.70. The fourth-order valence-corrected chi connectivity index (χ4v) is 4.11. The maximum atomic E-state index is 12.6. The molecule has 1 aromatic rings. The lowest BCUT2D eigenvalue weighted by Gasteiger charge is -2.17. The topological polar surface area (TPSA) is 58.6 Å². The second-order valence-corrected chi connectivity index (χ2v) is 7.65. The summed E-state index contributed by atoms with van der Waals surface area (Å²) in [6.45, 7) is 5.92. The highest BCUT2D eigenvalue weighted by molar-refractivity contribution is 7.89. The van der Waals surface area contributed by atoms with Crippen molar-refractivity contribution < 1.29 is 13.2 Å². The lowest BCUT2D eigenvalue weighted by molar-refractivity contribution is 0.242. The number of benzene rings is 1. The van der Waals surface area contributed by atoms with Crippen molar-refractivity contribution >= 4 is 10.0 Å². The number of rotatable bonds is 6. The molecule has 1 aliphatic rings. The Hall–Kier alpha value is -1.11. The van der Waals surface area contributed by atoms with Gasteiger partial charge in [0.1, 0.15) is 5.75 Å². The van der Waals surface area contributed by atoms with Crippen LogP contribution in [0, 0.1) is 5.92 Å². The van der Waals surface area contributed by atoms with E-state index in [-0.39, 0.29) is 6.10 Å². The van der Waals surface area contributed by atoms with Crippen LogP contribution in [0.5, 0.6) is 5.75 Å². The first-order valence-electron chi connectivity index (χ1n) is 7.35. The average molecular weight is 312 g/mol. The first-order chi connectivity index (χ1) is 9.93. The van der Waals surface area contributed by atoms with Crippen molar-refractivity contribution in [3.63, 3.8) is 0 Å². The zero-order valence-corrected chi connectivity index (χ0v) is 13.7. The van der Waals surface area contributed by atoms with E-state index in [1.54, 1.807) is 28.6 Å². The Bertz CT molecular complexity index is 555. The first-order valence-corrected chi connectivity index (χ1v) is 8.79. The SMILES string of the molecule is CNCC1CCN(S(=O)(=O)c2ccc(OC(C)C)cc2)C1. The Morgan fingerprint density at radius 3 is 2.57 bits per heavy atom. The third-order valence-corrected chi connectivity index (χ3v) is 5.45. The van der Waals surface area contributed by atoms with Gasteiger partial charge in [-0.1, -0.05) is 0 Å². The highest BCUT2D eigenvalue weighted by Crippen LogP contribution is 2.25. The molecule has 0 saturated carbocycles. The quantitative estimate of drug-likeness (QED) is 0.869. The maximum Gasteiger partial charge on any atom is 0.243 e. The number of ether oxygens (including phenoxy) is 1. The van der Waals surface area contributed by atoms with Gasteiger partial charge in [-0.25, -0.2) is 8.42 Å². The Balaban J connectivity index is 2.09. The minimum Gasteiger partial charge on any atom is -0.491 e. The van der Waals surface area contributed by atoms with Crippen LogP contribution < -0.4 is 10.1 Å². The fraction of sp³-hybridized carbons (Fsp3) is 0.600. The summed E-state index contributed by atoms with van der Waals surface area (Å²) in [5, 5.41) is 3.11. The second kappa shape index (κ2) is 6.77. The number of sulfonamides is 1. The lowest BCUT2D eigenvalue weighted by Crippen LogP contribution is -2.30. The van der Waals surface area contributed by atoms with Crippen molar-refractivity contribution in [3.8, 4) is 5.75 Å². The second-order valence-electron chi connectivity index (χ2n) is 5.71. The van der Waals surface area contributed by atoms with Crippen LogP contribution in [0.15, 0.2) is 29.2 Å². The molecule has 1 heterocycles. The minimum absolute atomic E-state index is 0.0772. The van der Waals surface area contributed by atoms with Crippen LogP contribution in [0.2, 0.25) is 0 Å². The van der Waals surface area contributed by atoms with Crippen molar-refractivity contribution in [1.82, 2.24) is 9.62 Å². The molecule has 118 valence electrons. The minimum atomic E-state index is -3.39. The van der Waals surface area contributed by atoms with E-state index in [1.165, 1.54) is 0 Å². The summed E-state index contributed by atoms with van der Waals surface area (Å²) >= 11 is 0. The lowest BCUT2D eigenvalue weighted by atomic mass is 10.1. The number of nitrogens with one attached hydrogen (secondary N) is 1. The van der Waals surface area contributed by atoms with Gasteiger partial charge in [0.05, 0.1) is 11.0 Å². The van der Waals surface area contributed by atoms with Gasteiger partial charge in [0.2, 0.25) is 10.0 Å². The van der Waals surface area contributed by atoms with Gasteiger partial charge in [-0.15, -0.1) is 0 Å². The summed E-state index contributed by atoms with van der Waals surface area (Å²) < 4.78 is 32.3. The molecular formula is C15H24N2O3S. The molecule has 21 heavy (non-hydrogen) atoms. The molecule has 0 amide bonds. The smallest absolute Gasteiger partial charge is 0.243 e. The van der Waals surface area contributed by atoms with Crippen LogP contribution in [0.25, 0.3) is 0 Å². The van der Waals surface area contributed by atoms with Crippen molar-refractivity contribution in [2.75, 3.05) is 26.7 Å². The predicted molar refractivity (Wildman–Crippen MR) is 83.0 cm³/mol. The summed E-state index contributed by atoms with van der Waals surface area (Å²) in [5.74, 6) is 1.09. The highest BCUT2D eigenvalue weighted by Gasteiger charge is 2.32. The largest absolute Gasteiger partial charge is 0.491 e. The van der Waals surface area contributed by atoms with E-state index in [1.807, 2.05) is 20.9 Å². The molecule has 1 N–H and O–H groups in total. The normalized spacial score (nSPS) is 20.1. The number of nitrogens with zero attached hydrogens (tertiary/aromatic N) is 1. The zero-order valence-electron chi connectivity index (χ0n) is 12.9. The molecule has 1 saturated heterocycles. The van der Waals surface area contributed by atoms with Gasteiger partial charge < -0.3 is 10.1 Å². The van der Waals surface area contributed by atoms with Crippen LogP contribution in [0.4, 0.5) is 0 Å². The summed E-state index contributed by atoms with van der Waals surface area (Å²) in [7, 11) is -1.49. The van der Waals surface area contributed by atoms with Gasteiger partial charge >= 0.3 is 0 Å². The van der Waals surface area contributed by atoms with Crippen LogP contribution in [-0.2, 0) is 10.0 Å². The van der Waals surface area contributed by atoms with E-state index in [0.29, 0.717) is 29.7 Å². The molecule has 1 unspecified atom stereocenters. The molecule has 0 bridgehead atoms. The molecule has 1 aliphatic heterocycles. The van der Waals surface area contributed by atoms with Crippen LogP contribution in [0.3, 0.4) is 0 Å². The molecule has 1 fully saturated rings. The third-order valence-electron chi connectivity index (χ3n) is 3.57. The molecule has 5 nitrogen and oxygen atoms in total. The molecule has 1 atom stereocenters. The standard InChI is InChI=1S/C15H24N2O3S/c1-12(2)20-14-4-6-15(7-5-14)21(18,19)17-9-8-13(11-17)10-16-3/h4-7,12-13,16H,8-11H2,1-3H3. The molecule has 0 spiro atoms. The Kier molecular flexibility index (Phi) is 5.24. The van der Waals surface area contributed by atoms with Gasteiger partial charge in [0.15, 0.2) is 0 Å².